The fraction of sp³-hybridized carbons (Fsp3) is 0. The van der Waals surface area contributed by atoms with Gasteiger partial charge in [0.15, 0.2) is 0 Å². The van der Waals surface area contributed by atoms with Crippen molar-refractivity contribution in [1.82, 2.24) is 5.32 Å². The molecule has 0 aliphatic carbocycles. The Morgan fingerprint density at radius 1 is 1.00 bits per heavy atom. The van der Waals surface area contributed by atoms with Crippen LogP contribution in [-0.4, -0.2) is 16.9 Å². The summed E-state index contributed by atoms with van der Waals surface area (Å²) in [4.78, 5) is 34.0. The Morgan fingerprint density at radius 2 is 1.71 bits per heavy atom. The van der Waals surface area contributed by atoms with Gasteiger partial charge < -0.3 is 5.32 Å². The number of nitrogens with one attached hydrogen (secondary N) is 2. The maximum absolute atomic E-state index is 12.0. The third-order valence-corrected chi connectivity index (χ3v) is 3.69. The Balaban J connectivity index is 2.12. The molecule has 0 heterocycles. The summed E-state index contributed by atoms with van der Waals surface area (Å²) in [6.07, 6.45) is 0. The van der Waals surface area contributed by atoms with Gasteiger partial charge >= 0.3 is 6.03 Å². The van der Waals surface area contributed by atoms with E-state index < -0.39 is 16.9 Å². The van der Waals surface area contributed by atoms with Crippen LogP contribution in [0.4, 0.5) is 16.2 Å². The smallest absolute Gasteiger partial charge is 0.306 e. The Bertz CT molecular complexity index is 842. The number of hydrogen-bond acceptors (Lipinski definition) is 4. The standard InChI is InChI=1S/C14H8Cl3N3O4/c15-7-1-3-9(11(17)5-7)13(21)19-14(22)18-12-6-8(20(23)24)2-4-10(12)16/h1-6H,(H2,18,19,21,22). The molecule has 0 radical (unpaired) electrons. The zero-order valence-electron chi connectivity index (χ0n) is 11.7. The van der Waals surface area contributed by atoms with Crippen molar-refractivity contribution in [2.24, 2.45) is 0 Å². The molecule has 0 aliphatic rings. The van der Waals surface area contributed by atoms with Crippen molar-refractivity contribution in [2.45, 2.75) is 0 Å². The molecule has 24 heavy (non-hydrogen) atoms. The van der Waals surface area contributed by atoms with Crippen LogP contribution in [0.1, 0.15) is 10.4 Å². The average molecular weight is 389 g/mol. The summed E-state index contributed by atoms with van der Waals surface area (Å²) in [6.45, 7) is 0. The molecule has 10 heteroatoms. The number of carbonyl (C=O) groups is 2. The first-order valence-electron chi connectivity index (χ1n) is 6.29. The van der Waals surface area contributed by atoms with Crippen molar-refractivity contribution in [1.29, 1.82) is 0 Å². The maximum Gasteiger partial charge on any atom is 0.326 e. The van der Waals surface area contributed by atoms with Crippen LogP contribution in [0.2, 0.25) is 15.1 Å². The summed E-state index contributed by atoms with van der Waals surface area (Å²) in [5.41, 5.74) is -0.235. The monoisotopic (exact) mass is 387 g/mol. The molecule has 0 spiro atoms. The van der Waals surface area contributed by atoms with Gasteiger partial charge in [0.25, 0.3) is 11.6 Å². The van der Waals surface area contributed by atoms with Crippen LogP contribution in [0.25, 0.3) is 0 Å². The molecule has 124 valence electrons. The summed E-state index contributed by atoms with van der Waals surface area (Å²) >= 11 is 17.5. The first-order valence-corrected chi connectivity index (χ1v) is 7.42. The number of urea groups is 1. The third-order valence-electron chi connectivity index (χ3n) is 2.81. The van der Waals surface area contributed by atoms with Gasteiger partial charge in [-0.15, -0.1) is 0 Å². The fourth-order valence-corrected chi connectivity index (χ4v) is 2.38. The molecule has 0 bridgehead atoms. The van der Waals surface area contributed by atoms with Crippen molar-refractivity contribution >= 4 is 58.1 Å². The van der Waals surface area contributed by atoms with Crippen LogP contribution < -0.4 is 10.6 Å². The molecule has 2 N–H and O–H groups in total. The van der Waals surface area contributed by atoms with E-state index >= 15 is 0 Å². The molecule has 3 amide bonds. The maximum atomic E-state index is 12.0. The fourth-order valence-electron chi connectivity index (χ4n) is 1.72. The second-order valence-corrected chi connectivity index (χ2v) is 5.70. The van der Waals surface area contributed by atoms with Gasteiger partial charge in [0, 0.05) is 17.2 Å². The normalized spacial score (nSPS) is 10.1. The van der Waals surface area contributed by atoms with E-state index in [0.717, 1.165) is 6.07 Å². The number of halogens is 3. The second-order valence-electron chi connectivity index (χ2n) is 4.45. The zero-order chi connectivity index (χ0) is 17.9. The summed E-state index contributed by atoms with van der Waals surface area (Å²) in [5.74, 6) is -0.768. The predicted octanol–water partition coefficient (Wildman–Crippen LogP) is 4.52. The minimum absolute atomic E-state index is 0.0154. The number of hydrogen-bond donors (Lipinski definition) is 2. The number of nitro groups is 1. The van der Waals surface area contributed by atoms with Crippen molar-refractivity contribution in [2.75, 3.05) is 5.32 Å². The van der Waals surface area contributed by atoms with Crippen molar-refractivity contribution in [3.8, 4) is 0 Å². The zero-order valence-corrected chi connectivity index (χ0v) is 13.9. The topological polar surface area (TPSA) is 101 Å². The number of nitrogens with zero attached hydrogens (tertiary/aromatic N) is 1. The quantitative estimate of drug-likeness (QED) is 0.596. The van der Waals surface area contributed by atoms with Gasteiger partial charge in [-0.3, -0.25) is 20.2 Å². The van der Waals surface area contributed by atoms with Crippen LogP contribution in [0, 0.1) is 10.1 Å². The third kappa shape index (κ3) is 4.35. The van der Waals surface area contributed by atoms with Crippen LogP contribution in [-0.2, 0) is 0 Å². The molecule has 2 aromatic carbocycles. The highest BCUT2D eigenvalue weighted by Crippen LogP contribution is 2.26. The number of imide groups is 1. The number of anilines is 1. The Morgan fingerprint density at radius 3 is 2.33 bits per heavy atom. The number of amides is 3. The van der Waals surface area contributed by atoms with Gasteiger partial charge in [0.05, 0.1) is 26.2 Å². The van der Waals surface area contributed by atoms with Crippen molar-refractivity contribution in [3.63, 3.8) is 0 Å². The van der Waals surface area contributed by atoms with Crippen LogP contribution in [0.5, 0.6) is 0 Å². The van der Waals surface area contributed by atoms with Gasteiger partial charge in [-0.05, 0) is 24.3 Å². The lowest BCUT2D eigenvalue weighted by atomic mass is 10.2. The molecule has 0 aromatic heterocycles. The van der Waals surface area contributed by atoms with Gasteiger partial charge in [-0.2, -0.15) is 0 Å². The molecular weight excluding hydrogens is 381 g/mol. The summed E-state index contributed by atoms with van der Waals surface area (Å²) < 4.78 is 0. The lowest BCUT2D eigenvalue weighted by Crippen LogP contribution is -2.34. The first-order chi connectivity index (χ1) is 11.3. The minimum atomic E-state index is -0.923. The second kappa shape index (κ2) is 7.48. The number of nitro benzene ring substituents is 1. The molecule has 0 aliphatic heterocycles. The van der Waals surface area contributed by atoms with E-state index in [1.54, 1.807) is 0 Å². The Kier molecular flexibility index (Phi) is 5.61. The van der Waals surface area contributed by atoms with Gasteiger partial charge in [0.1, 0.15) is 0 Å². The van der Waals surface area contributed by atoms with Crippen LogP contribution >= 0.6 is 34.8 Å². The van der Waals surface area contributed by atoms with Gasteiger partial charge in [0.2, 0.25) is 0 Å². The molecule has 0 saturated heterocycles. The number of rotatable bonds is 3. The Hall–Kier alpha value is -2.35. The van der Waals surface area contributed by atoms with Crippen LogP contribution in [0.3, 0.4) is 0 Å². The minimum Gasteiger partial charge on any atom is -0.306 e. The van der Waals surface area contributed by atoms with Gasteiger partial charge in [-0.25, -0.2) is 4.79 Å². The molecule has 0 saturated carbocycles. The molecular formula is C14H8Cl3N3O4. The molecule has 0 fully saturated rings. The number of non-ortho nitro benzene ring substituents is 1. The highest BCUT2D eigenvalue weighted by molar-refractivity contribution is 6.37. The molecule has 2 aromatic rings. The SMILES string of the molecule is O=C(NC(=O)c1ccc(Cl)cc1Cl)Nc1cc([N+](=O)[O-])ccc1Cl. The molecule has 7 nitrogen and oxygen atoms in total. The summed E-state index contributed by atoms with van der Waals surface area (Å²) in [5, 5.41) is 15.5. The van der Waals surface area contributed by atoms with E-state index in [-0.39, 0.29) is 27.0 Å². The van der Waals surface area contributed by atoms with Crippen molar-refractivity contribution in [3.05, 3.63) is 67.1 Å². The van der Waals surface area contributed by atoms with E-state index in [2.05, 4.69) is 5.32 Å². The van der Waals surface area contributed by atoms with E-state index in [1.165, 1.54) is 30.3 Å². The van der Waals surface area contributed by atoms with E-state index in [1.807, 2.05) is 5.32 Å². The Labute approximate surface area is 150 Å². The van der Waals surface area contributed by atoms with E-state index in [9.17, 15) is 19.7 Å². The number of carbonyl (C=O) groups excluding carboxylic acids is 2. The molecule has 0 unspecified atom stereocenters. The van der Waals surface area contributed by atoms with E-state index in [4.69, 9.17) is 34.8 Å². The molecule has 2 rings (SSSR count). The largest absolute Gasteiger partial charge is 0.326 e. The predicted molar refractivity (Wildman–Crippen MR) is 91.1 cm³/mol. The number of benzene rings is 2. The average Bonchev–Trinajstić information content (AvgIpc) is 2.48. The van der Waals surface area contributed by atoms with E-state index in [0.29, 0.717) is 5.02 Å². The summed E-state index contributed by atoms with van der Waals surface area (Å²) in [6, 6.07) is 6.74. The lowest BCUT2D eigenvalue weighted by molar-refractivity contribution is -0.384. The first kappa shape index (κ1) is 18.0. The summed E-state index contributed by atoms with van der Waals surface area (Å²) in [7, 11) is 0. The molecule has 0 atom stereocenters. The highest BCUT2D eigenvalue weighted by atomic mass is 35.5. The van der Waals surface area contributed by atoms with Gasteiger partial charge in [-0.1, -0.05) is 34.8 Å². The van der Waals surface area contributed by atoms with Crippen molar-refractivity contribution < 1.29 is 14.5 Å². The highest BCUT2D eigenvalue weighted by Gasteiger charge is 2.16. The van der Waals surface area contributed by atoms with Crippen LogP contribution in [0.15, 0.2) is 36.4 Å². The lowest BCUT2D eigenvalue weighted by Gasteiger charge is -2.09.